The van der Waals surface area contributed by atoms with Gasteiger partial charge in [0.15, 0.2) is 0 Å². The Morgan fingerprint density at radius 2 is 2.00 bits per heavy atom. The molecule has 0 aliphatic carbocycles. The number of halogens is 1. The molecule has 0 atom stereocenters. The number of benzene rings is 1. The van der Waals surface area contributed by atoms with Crippen molar-refractivity contribution in [2.24, 2.45) is 5.92 Å². The monoisotopic (exact) mass is 268 g/mol. The third-order valence-electron chi connectivity index (χ3n) is 2.35. The van der Waals surface area contributed by atoms with E-state index in [1.165, 1.54) is 12.1 Å². The quantitative estimate of drug-likeness (QED) is 0.605. The van der Waals surface area contributed by atoms with Crippen molar-refractivity contribution in [2.75, 3.05) is 0 Å². The minimum absolute atomic E-state index is 0.0593. The molecule has 0 heterocycles. The maximum Gasteiger partial charge on any atom is 0.305 e. The molecule has 0 aromatic heterocycles. The Balaban J connectivity index is 3.18. The Morgan fingerprint density at radius 1 is 1.37 bits per heavy atom. The Labute approximate surface area is 108 Å². The molecular formula is C12H13FN2O4. The van der Waals surface area contributed by atoms with Crippen molar-refractivity contribution in [3.8, 4) is 0 Å². The average Bonchev–Trinajstić information content (AvgIpc) is 2.29. The van der Waals surface area contributed by atoms with Crippen molar-refractivity contribution >= 4 is 11.8 Å². The van der Waals surface area contributed by atoms with Crippen LogP contribution < -0.4 is 0 Å². The first-order chi connectivity index (χ1) is 8.81. The molecule has 0 saturated carbocycles. The molecule has 19 heavy (non-hydrogen) atoms. The van der Waals surface area contributed by atoms with Gasteiger partial charge in [0.2, 0.25) is 11.5 Å². The molecule has 6 nitrogen and oxygen atoms in total. The van der Waals surface area contributed by atoms with Crippen LogP contribution in [0.25, 0.3) is 6.08 Å². The maximum atomic E-state index is 13.1. The summed E-state index contributed by atoms with van der Waals surface area (Å²) in [4.78, 5) is 20.0. The standard InChI is InChI=1S/C12H13FN2O4/c1-8(2)5-10(14(16)17)6-9-3-4-11(13)12(7-9)15(18)19/h3-4,6-8H,5H2,1-2H3/b10-6-. The molecule has 0 unspecified atom stereocenters. The van der Waals surface area contributed by atoms with E-state index in [2.05, 4.69) is 0 Å². The first-order valence-corrected chi connectivity index (χ1v) is 5.60. The molecule has 1 rings (SSSR count). The summed E-state index contributed by atoms with van der Waals surface area (Å²) >= 11 is 0. The van der Waals surface area contributed by atoms with E-state index in [1.807, 2.05) is 13.8 Å². The van der Waals surface area contributed by atoms with Crippen LogP contribution in [-0.4, -0.2) is 9.85 Å². The van der Waals surface area contributed by atoms with Crippen LogP contribution in [0, 0.1) is 32.0 Å². The summed E-state index contributed by atoms with van der Waals surface area (Å²) < 4.78 is 13.1. The highest BCUT2D eigenvalue weighted by atomic mass is 19.1. The molecule has 0 radical (unpaired) electrons. The van der Waals surface area contributed by atoms with E-state index in [1.54, 1.807) is 0 Å². The van der Waals surface area contributed by atoms with Crippen LogP contribution >= 0.6 is 0 Å². The molecule has 1 aromatic carbocycles. The first kappa shape index (κ1) is 14.7. The van der Waals surface area contributed by atoms with Crippen molar-refractivity contribution in [1.29, 1.82) is 0 Å². The van der Waals surface area contributed by atoms with E-state index in [9.17, 15) is 24.6 Å². The second-order valence-corrected chi connectivity index (χ2v) is 4.46. The van der Waals surface area contributed by atoms with E-state index in [4.69, 9.17) is 0 Å². The van der Waals surface area contributed by atoms with Crippen LogP contribution in [0.1, 0.15) is 25.8 Å². The minimum atomic E-state index is -0.964. The fourth-order valence-electron chi connectivity index (χ4n) is 1.56. The van der Waals surface area contributed by atoms with Gasteiger partial charge in [0, 0.05) is 18.6 Å². The van der Waals surface area contributed by atoms with Crippen LogP contribution in [0.5, 0.6) is 0 Å². The highest BCUT2D eigenvalue weighted by Gasteiger charge is 2.17. The van der Waals surface area contributed by atoms with Crippen molar-refractivity contribution in [1.82, 2.24) is 0 Å². The van der Waals surface area contributed by atoms with Crippen LogP contribution in [0.15, 0.2) is 23.9 Å². The summed E-state index contributed by atoms with van der Waals surface area (Å²) in [5, 5.41) is 21.4. The Kier molecular flexibility index (Phi) is 4.68. The van der Waals surface area contributed by atoms with Gasteiger partial charge in [-0.15, -0.1) is 0 Å². The molecular weight excluding hydrogens is 255 g/mol. The van der Waals surface area contributed by atoms with Gasteiger partial charge < -0.3 is 0 Å². The highest BCUT2D eigenvalue weighted by molar-refractivity contribution is 5.55. The van der Waals surface area contributed by atoms with Crippen molar-refractivity contribution in [3.05, 3.63) is 55.5 Å². The lowest BCUT2D eigenvalue weighted by atomic mass is 10.1. The lowest BCUT2D eigenvalue weighted by Gasteiger charge is -2.02. The second-order valence-electron chi connectivity index (χ2n) is 4.46. The zero-order chi connectivity index (χ0) is 14.6. The molecule has 0 saturated heterocycles. The fraction of sp³-hybridized carbons (Fsp3) is 0.333. The third-order valence-corrected chi connectivity index (χ3v) is 2.35. The molecule has 0 fully saturated rings. The van der Waals surface area contributed by atoms with E-state index < -0.39 is 21.4 Å². The van der Waals surface area contributed by atoms with E-state index in [-0.39, 0.29) is 23.6 Å². The number of hydrogen-bond donors (Lipinski definition) is 0. The topological polar surface area (TPSA) is 86.3 Å². The summed E-state index contributed by atoms with van der Waals surface area (Å²) in [5.41, 5.74) is -0.516. The molecule has 0 spiro atoms. The van der Waals surface area contributed by atoms with Gasteiger partial charge in [0.1, 0.15) is 0 Å². The maximum absolute atomic E-state index is 13.1. The van der Waals surface area contributed by atoms with Gasteiger partial charge in [-0.2, -0.15) is 4.39 Å². The lowest BCUT2D eigenvalue weighted by Crippen LogP contribution is -2.02. The molecule has 0 aliphatic rings. The van der Waals surface area contributed by atoms with Gasteiger partial charge in [-0.3, -0.25) is 20.2 Å². The summed E-state index contributed by atoms with van der Waals surface area (Å²) in [6.07, 6.45) is 1.46. The minimum Gasteiger partial charge on any atom is -0.259 e. The normalized spacial score (nSPS) is 11.7. The smallest absolute Gasteiger partial charge is 0.259 e. The SMILES string of the molecule is CC(C)C/C(=C/c1ccc(F)c([N+](=O)[O-])c1)[N+](=O)[O-]. The van der Waals surface area contributed by atoms with Gasteiger partial charge in [-0.25, -0.2) is 0 Å². The molecule has 0 N–H and O–H groups in total. The van der Waals surface area contributed by atoms with Crippen LogP contribution in [0.4, 0.5) is 10.1 Å². The number of hydrogen-bond acceptors (Lipinski definition) is 4. The predicted octanol–water partition coefficient (Wildman–Crippen LogP) is 3.40. The fourth-order valence-corrected chi connectivity index (χ4v) is 1.56. The molecule has 102 valence electrons. The third kappa shape index (κ3) is 4.13. The van der Waals surface area contributed by atoms with Crippen LogP contribution in [-0.2, 0) is 0 Å². The molecule has 0 bridgehead atoms. The molecule has 0 aliphatic heterocycles. The number of nitro groups is 2. The zero-order valence-corrected chi connectivity index (χ0v) is 10.5. The van der Waals surface area contributed by atoms with Crippen LogP contribution in [0.3, 0.4) is 0 Å². The highest BCUT2D eigenvalue weighted by Crippen LogP contribution is 2.22. The van der Waals surface area contributed by atoms with E-state index >= 15 is 0 Å². The largest absolute Gasteiger partial charge is 0.305 e. The molecule has 7 heteroatoms. The predicted molar refractivity (Wildman–Crippen MR) is 67.5 cm³/mol. The Bertz CT molecular complexity index is 541. The van der Waals surface area contributed by atoms with Crippen LogP contribution in [0.2, 0.25) is 0 Å². The second kappa shape index (κ2) is 6.03. The number of nitro benzene ring substituents is 1. The average molecular weight is 268 g/mol. The number of allylic oxidation sites excluding steroid dienone is 1. The summed E-state index contributed by atoms with van der Waals surface area (Å²) in [7, 11) is 0. The van der Waals surface area contributed by atoms with E-state index in [0.717, 1.165) is 12.1 Å². The Hall–Kier alpha value is -2.31. The number of nitrogens with zero attached hydrogens (tertiary/aromatic N) is 2. The van der Waals surface area contributed by atoms with Crippen molar-refractivity contribution < 1.29 is 14.2 Å². The lowest BCUT2D eigenvalue weighted by molar-refractivity contribution is -0.427. The van der Waals surface area contributed by atoms with Gasteiger partial charge in [-0.05, 0) is 17.5 Å². The molecule has 0 amide bonds. The van der Waals surface area contributed by atoms with E-state index in [0.29, 0.717) is 0 Å². The van der Waals surface area contributed by atoms with Crippen molar-refractivity contribution in [2.45, 2.75) is 20.3 Å². The molecule has 1 aromatic rings. The Morgan fingerprint density at radius 3 is 2.47 bits per heavy atom. The zero-order valence-electron chi connectivity index (χ0n) is 10.5. The van der Waals surface area contributed by atoms with Gasteiger partial charge >= 0.3 is 5.69 Å². The number of rotatable bonds is 5. The first-order valence-electron chi connectivity index (χ1n) is 5.60. The summed E-state index contributed by atoms with van der Waals surface area (Å²) in [5.74, 6) is -0.888. The summed E-state index contributed by atoms with van der Waals surface area (Å²) in [6.45, 7) is 3.65. The summed E-state index contributed by atoms with van der Waals surface area (Å²) in [6, 6.07) is 3.18. The van der Waals surface area contributed by atoms with Gasteiger partial charge in [0.05, 0.1) is 9.85 Å². The van der Waals surface area contributed by atoms with Gasteiger partial charge in [0.25, 0.3) is 0 Å². The van der Waals surface area contributed by atoms with Gasteiger partial charge in [-0.1, -0.05) is 19.9 Å². The van der Waals surface area contributed by atoms with Crippen molar-refractivity contribution in [3.63, 3.8) is 0 Å².